The zero-order valence-electron chi connectivity index (χ0n) is 17.3. The van der Waals surface area contributed by atoms with Crippen LogP contribution in [0.15, 0.2) is 30.3 Å². The molecular weight excluding hydrogens is 411 g/mol. The van der Waals surface area contributed by atoms with Crippen LogP contribution in [0.25, 0.3) is 10.9 Å². The number of esters is 1. The standard InChI is InChI=1S/C23H22F3NO4/c1-4-5-9-31-23(30)12(2)18-13(3)27(22(29)14-7-6-8-15(24)10-14)17-11-16(25)21(28)20(26)19(17)18/h6-8,10-12,28H,4-5,9H2,1-3H3/t12-/m0/s1. The van der Waals surface area contributed by atoms with Gasteiger partial charge in [0.2, 0.25) is 0 Å². The molecule has 8 heteroatoms. The van der Waals surface area contributed by atoms with Crippen LogP contribution in [-0.4, -0.2) is 28.2 Å². The molecule has 1 N–H and O–H groups in total. The summed E-state index contributed by atoms with van der Waals surface area (Å²) in [5, 5.41) is 9.54. The largest absolute Gasteiger partial charge is 0.503 e. The zero-order chi connectivity index (χ0) is 22.9. The van der Waals surface area contributed by atoms with Gasteiger partial charge in [0, 0.05) is 22.7 Å². The molecule has 0 aliphatic carbocycles. The topological polar surface area (TPSA) is 68.5 Å². The lowest BCUT2D eigenvalue weighted by Gasteiger charge is -2.13. The number of halogens is 3. The van der Waals surface area contributed by atoms with Crippen LogP contribution < -0.4 is 0 Å². The summed E-state index contributed by atoms with van der Waals surface area (Å²) in [6.45, 7) is 5.06. The summed E-state index contributed by atoms with van der Waals surface area (Å²) in [4.78, 5) is 25.7. The molecule has 3 rings (SSSR count). The molecule has 3 aromatic rings. The number of phenolic OH excluding ortho intramolecular Hbond substituents is 1. The lowest BCUT2D eigenvalue weighted by atomic mass is 9.97. The number of hydrogen-bond acceptors (Lipinski definition) is 4. The molecule has 1 heterocycles. The molecule has 0 radical (unpaired) electrons. The van der Waals surface area contributed by atoms with E-state index in [0.29, 0.717) is 6.42 Å². The van der Waals surface area contributed by atoms with E-state index in [-0.39, 0.29) is 34.3 Å². The van der Waals surface area contributed by atoms with Crippen LogP contribution in [0.2, 0.25) is 0 Å². The molecule has 2 aromatic carbocycles. The predicted molar refractivity (Wildman–Crippen MR) is 109 cm³/mol. The number of rotatable bonds is 6. The van der Waals surface area contributed by atoms with E-state index in [4.69, 9.17) is 4.74 Å². The smallest absolute Gasteiger partial charge is 0.313 e. The third kappa shape index (κ3) is 4.02. The van der Waals surface area contributed by atoms with Gasteiger partial charge in [-0.2, -0.15) is 0 Å². The minimum Gasteiger partial charge on any atom is -0.503 e. The van der Waals surface area contributed by atoms with Crippen LogP contribution >= 0.6 is 0 Å². The number of aromatic hydroxyl groups is 1. The van der Waals surface area contributed by atoms with Crippen molar-refractivity contribution in [3.63, 3.8) is 0 Å². The second-order valence-electron chi connectivity index (χ2n) is 7.31. The van der Waals surface area contributed by atoms with Crippen LogP contribution in [-0.2, 0) is 9.53 Å². The van der Waals surface area contributed by atoms with Crippen molar-refractivity contribution in [2.75, 3.05) is 6.61 Å². The molecule has 164 valence electrons. The fraction of sp³-hybridized carbons (Fsp3) is 0.304. The second kappa shape index (κ2) is 8.83. The van der Waals surface area contributed by atoms with Crippen molar-refractivity contribution in [1.29, 1.82) is 0 Å². The maximum Gasteiger partial charge on any atom is 0.313 e. The molecule has 0 bridgehead atoms. The molecule has 0 saturated carbocycles. The van der Waals surface area contributed by atoms with E-state index in [0.717, 1.165) is 29.2 Å². The average molecular weight is 433 g/mol. The molecule has 0 aliphatic rings. The fourth-order valence-corrected chi connectivity index (χ4v) is 3.61. The summed E-state index contributed by atoms with van der Waals surface area (Å²) in [5.74, 6) is -6.78. The molecule has 0 spiro atoms. The third-order valence-corrected chi connectivity index (χ3v) is 5.21. The van der Waals surface area contributed by atoms with Crippen LogP contribution in [0.5, 0.6) is 5.75 Å². The van der Waals surface area contributed by atoms with Gasteiger partial charge in [-0.25, -0.2) is 13.2 Å². The van der Waals surface area contributed by atoms with E-state index in [9.17, 15) is 27.9 Å². The van der Waals surface area contributed by atoms with Crippen molar-refractivity contribution in [2.24, 2.45) is 0 Å². The number of benzene rings is 2. The number of hydrogen-bond donors (Lipinski definition) is 1. The van der Waals surface area contributed by atoms with E-state index in [1.807, 2.05) is 6.92 Å². The van der Waals surface area contributed by atoms with Crippen LogP contribution in [0, 0.1) is 24.4 Å². The van der Waals surface area contributed by atoms with Crippen LogP contribution in [0.3, 0.4) is 0 Å². The van der Waals surface area contributed by atoms with Gasteiger partial charge >= 0.3 is 5.97 Å². The number of nitrogens with zero attached hydrogens (tertiary/aromatic N) is 1. The van der Waals surface area contributed by atoms with Gasteiger partial charge in [-0.1, -0.05) is 19.4 Å². The Morgan fingerprint density at radius 1 is 1.19 bits per heavy atom. The number of unbranched alkanes of at least 4 members (excludes halogenated alkanes) is 1. The van der Waals surface area contributed by atoms with Crippen LogP contribution in [0.4, 0.5) is 13.2 Å². The van der Waals surface area contributed by atoms with Crippen molar-refractivity contribution in [1.82, 2.24) is 4.57 Å². The molecule has 1 atom stereocenters. The maximum atomic E-state index is 14.9. The van der Waals surface area contributed by atoms with Gasteiger partial charge < -0.3 is 9.84 Å². The summed E-state index contributed by atoms with van der Waals surface area (Å²) in [6, 6.07) is 5.69. The first-order valence-corrected chi connectivity index (χ1v) is 9.87. The highest BCUT2D eigenvalue weighted by Crippen LogP contribution is 2.39. The van der Waals surface area contributed by atoms with Gasteiger partial charge in [-0.05, 0) is 44.0 Å². The highest BCUT2D eigenvalue weighted by Gasteiger charge is 2.31. The van der Waals surface area contributed by atoms with Crippen molar-refractivity contribution in [2.45, 2.75) is 39.5 Å². The Kier molecular flexibility index (Phi) is 6.38. The van der Waals surface area contributed by atoms with Crippen LogP contribution in [0.1, 0.15) is 54.2 Å². The predicted octanol–water partition coefficient (Wildman–Crippen LogP) is 5.21. The Morgan fingerprint density at radius 3 is 2.55 bits per heavy atom. The SMILES string of the molecule is CCCCOC(=O)[C@@H](C)c1c(C)n(C(=O)c2cccc(F)c2)c2cc(F)c(O)c(F)c12. The second-order valence-corrected chi connectivity index (χ2v) is 7.31. The lowest BCUT2D eigenvalue weighted by molar-refractivity contribution is -0.145. The maximum absolute atomic E-state index is 14.9. The van der Waals surface area contributed by atoms with Gasteiger partial charge in [-0.15, -0.1) is 0 Å². The Bertz CT molecular complexity index is 1170. The van der Waals surface area contributed by atoms with Crippen molar-refractivity contribution >= 4 is 22.8 Å². The normalized spacial score (nSPS) is 12.2. The lowest BCUT2D eigenvalue weighted by Crippen LogP contribution is -2.17. The number of ether oxygens (including phenoxy) is 1. The van der Waals surface area contributed by atoms with Gasteiger partial charge in [0.1, 0.15) is 5.82 Å². The first-order valence-electron chi connectivity index (χ1n) is 9.87. The minimum absolute atomic E-state index is 0.0429. The van der Waals surface area contributed by atoms with Gasteiger partial charge in [-0.3, -0.25) is 14.2 Å². The Labute approximate surface area is 177 Å². The molecule has 0 fully saturated rings. The summed E-state index contributed by atoms with van der Waals surface area (Å²) >= 11 is 0. The molecule has 0 aliphatic heterocycles. The Morgan fingerprint density at radius 2 is 1.90 bits per heavy atom. The molecule has 31 heavy (non-hydrogen) atoms. The van der Waals surface area contributed by atoms with E-state index in [2.05, 4.69) is 0 Å². The van der Waals surface area contributed by atoms with Gasteiger partial charge in [0.05, 0.1) is 18.0 Å². The van der Waals surface area contributed by atoms with Crippen molar-refractivity contribution in [3.05, 3.63) is 64.6 Å². The number of fused-ring (bicyclic) bond motifs is 1. The quantitative estimate of drug-likeness (QED) is 0.428. The molecular formula is C23H22F3NO4. The highest BCUT2D eigenvalue weighted by atomic mass is 19.1. The van der Waals surface area contributed by atoms with E-state index in [1.165, 1.54) is 26.0 Å². The molecule has 0 saturated heterocycles. The van der Waals surface area contributed by atoms with E-state index >= 15 is 0 Å². The van der Waals surface area contributed by atoms with Gasteiger partial charge in [0.15, 0.2) is 17.4 Å². The van der Waals surface area contributed by atoms with E-state index < -0.39 is 41.0 Å². The summed E-state index contributed by atoms with van der Waals surface area (Å²) in [5.41, 5.74) is 0.0311. The first-order chi connectivity index (χ1) is 14.7. The average Bonchev–Trinajstić information content (AvgIpc) is 3.02. The molecule has 5 nitrogen and oxygen atoms in total. The summed E-state index contributed by atoms with van der Waals surface area (Å²) < 4.78 is 49.0. The first kappa shape index (κ1) is 22.4. The Hall–Kier alpha value is -3.29. The minimum atomic E-state index is -1.29. The summed E-state index contributed by atoms with van der Waals surface area (Å²) in [6.07, 6.45) is 1.46. The van der Waals surface area contributed by atoms with E-state index in [1.54, 1.807) is 0 Å². The highest BCUT2D eigenvalue weighted by molar-refractivity contribution is 6.05. The van der Waals surface area contributed by atoms with Crippen molar-refractivity contribution < 1.29 is 32.6 Å². The zero-order valence-corrected chi connectivity index (χ0v) is 17.3. The number of carbonyl (C=O) groups is 2. The molecule has 1 aromatic heterocycles. The number of aromatic nitrogens is 1. The fourth-order valence-electron chi connectivity index (χ4n) is 3.61. The molecule has 0 amide bonds. The van der Waals surface area contributed by atoms with Gasteiger partial charge in [0.25, 0.3) is 5.91 Å². The number of phenols is 1. The van der Waals surface area contributed by atoms with Crippen molar-refractivity contribution in [3.8, 4) is 5.75 Å². The number of carbonyl (C=O) groups excluding carboxylic acids is 2. The third-order valence-electron chi connectivity index (χ3n) is 5.21. The summed E-state index contributed by atoms with van der Waals surface area (Å²) in [7, 11) is 0. The molecule has 0 unspecified atom stereocenters. The Balaban J connectivity index is 2.23. The monoisotopic (exact) mass is 433 g/mol.